The minimum absolute atomic E-state index is 0.135. The van der Waals surface area contributed by atoms with E-state index in [1.807, 2.05) is 28.8 Å². The molecule has 0 aliphatic carbocycles. The van der Waals surface area contributed by atoms with E-state index in [1.54, 1.807) is 7.05 Å². The van der Waals surface area contributed by atoms with E-state index >= 15 is 0 Å². The Bertz CT molecular complexity index is 1180. The molecule has 1 aliphatic heterocycles. The SMILES string of the molecule is C[C@@H]1CN(Cc2nc3c(c(=O)n(C)c(=O)n3C)n2Cc2ccc(Br)cc2)C[C@H](C)O1. The average Bonchev–Trinajstić information content (AvgIpc) is 3.03. The quantitative estimate of drug-likeness (QED) is 0.575. The minimum atomic E-state index is -0.374. The molecule has 30 heavy (non-hydrogen) atoms. The number of morpholine rings is 1. The third kappa shape index (κ3) is 3.89. The molecule has 8 nitrogen and oxygen atoms in total. The minimum Gasteiger partial charge on any atom is -0.373 e. The van der Waals surface area contributed by atoms with Crippen LogP contribution in [0.4, 0.5) is 0 Å². The lowest BCUT2D eigenvalue weighted by Gasteiger charge is -2.35. The van der Waals surface area contributed by atoms with Crippen LogP contribution in [0.5, 0.6) is 0 Å². The van der Waals surface area contributed by atoms with Crippen molar-refractivity contribution < 1.29 is 4.74 Å². The second-order valence-electron chi connectivity index (χ2n) is 8.07. The fourth-order valence-electron chi connectivity index (χ4n) is 4.17. The third-order valence-corrected chi connectivity index (χ3v) is 6.07. The van der Waals surface area contributed by atoms with E-state index in [0.29, 0.717) is 24.3 Å². The zero-order chi connectivity index (χ0) is 21.6. The van der Waals surface area contributed by atoms with E-state index in [2.05, 4.69) is 34.7 Å². The Labute approximate surface area is 182 Å². The number of hydrogen-bond donors (Lipinski definition) is 0. The molecular weight excluding hydrogens is 450 g/mol. The fourth-order valence-corrected chi connectivity index (χ4v) is 4.43. The molecule has 0 bridgehead atoms. The van der Waals surface area contributed by atoms with Crippen molar-refractivity contribution in [3.63, 3.8) is 0 Å². The Kier molecular flexibility index (Phi) is 5.69. The summed E-state index contributed by atoms with van der Waals surface area (Å²) in [6.45, 7) is 6.80. The summed E-state index contributed by atoms with van der Waals surface area (Å²) in [5.74, 6) is 0.771. The van der Waals surface area contributed by atoms with Crippen LogP contribution in [0.1, 0.15) is 25.2 Å². The summed E-state index contributed by atoms with van der Waals surface area (Å²) in [6, 6.07) is 8.00. The summed E-state index contributed by atoms with van der Waals surface area (Å²) >= 11 is 3.46. The molecule has 3 aromatic rings. The molecule has 0 amide bonds. The molecule has 1 saturated heterocycles. The maximum Gasteiger partial charge on any atom is 0.332 e. The average molecular weight is 476 g/mol. The molecule has 1 aliphatic rings. The first kappa shape index (κ1) is 21.0. The molecule has 2 aromatic heterocycles. The Morgan fingerprint density at radius 2 is 1.67 bits per heavy atom. The van der Waals surface area contributed by atoms with Crippen molar-refractivity contribution in [2.24, 2.45) is 14.1 Å². The van der Waals surface area contributed by atoms with Crippen LogP contribution in [-0.2, 0) is 31.9 Å². The highest BCUT2D eigenvalue weighted by Gasteiger charge is 2.25. The van der Waals surface area contributed by atoms with Gasteiger partial charge in [0.05, 0.1) is 18.8 Å². The van der Waals surface area contributed by atoms with Gasteiger partial charge >= 0.3 is 5.69 Å². The van der Waals surface area contributed by atoms with Crippen molar-refractivity contribution in [3.8, 4) is 0 Å². The predicted octanol–water partition coefficient (Wildman–Crippen LogP) is 1.85. The lowest BCUT2D eigenvalue weighted by atomic mass is 10.2. The van der Waals surface area contributed by atoms with E-state index in [1.165, 1.54) is 11.6 Å². The van der Waals surface area contributed by atoms with Gasteiger partial charge in [0.2, 0.25) is 0 Å². The van der Waals surface area contributed by atoms with Gasteiger partial charge in [-0.05, 0) is 31.5 Å². The summed E-state index contributed by atoms with van der Waals surface area (Å²) in [4.78, 5) is 32.5. The highest BCUT2D eigenvalue weighted by molar-refractivity contribution is 9.10. The fraction of sp³-hybridized carbons (Fsp3) is 0.476. The molecule has 0 saturated carbocycles. The molecule has 0 N–H and O–H groups in total. The van der Waals surface area contributed by atoms with E-state index in [4.69, 9.17) is 9.72 Å². The lowest BCUT2D eigenvalue weighted by Crippen LogP contribution is -2.45. The maximum absolute atomic E-state index is 13.0. The van der Waals surface area contributed by atoms with Crippen LogP contribution in [0.2, 0.25) is 0 Å². The molecule has 160 valence electrons. The van der Waals surface area contributed by atoms with Crippen LogP contribution in [0.15, 0.2) is 38.3 Å². The molecule has 1 aromatic carbocycles. The molecule has 1 fully saturated rings. The van der Waals surface area contributed by atoms with Gasteiger partial charge in [-0.2, -0.15) is 0 Å². The van der Waals surface area contributed by atoms with E-state index in [-0.39, 0.29) is 23.5 Å². The molecular formula is C21H26BrN5O3. The third-order valence-electron chi connectivity index (χ3n) is 5.54. The van der Waals surface area contributed by atoms with Crippen LogP contribution in [-0.4, -0.2) is 48.9 Å². The van der Waals surface area contributed by atoms with Gasteiger partial charge in [-0.15, -0.1) is 0 Å². The number of aryl methyl sites for hydroxylation is 1. The molecule has 0 unspecified atom stereocenters. The summed E-state index contributed by atoms with van der Waals surface area (Å²) < 4.78 is 11.4. The van der Waals surface area contributed by atoms with E-state index in [0.717, 1.165) is 33.5 Å². The zero-order valence-electron chi connectivity index (χ0n) is 17.6. The number of rotatable bonds is 4. The van der Waals surface area contributed by atoms with Gasteiger partial charge in [0.15, 0.2) is 11.2 Å². The molecule has 4 rings (SSSR count). The monoisotopic (exact) mass is 475 g/mol. The van der Waals surface area contributed by atoms with Crippen LogP contribution >= 0.6 is 15.9 Å². The number of imidazole rings is 1. The first-order chi connectivity index (χ1) is 14.2. The van der Waals surface area contributed by atoms with Gasteiger partial charge in [-0.3, -0.25) is 18.8 Å². The Morgan fingerprint density at radius 3 is 2.30 bits per heavy atom. The van der Waals surface area contributed by atoms with Crippen molar-refractivity contribution in [3.05, 3.63) is 61.0 Å². The van der Waals surface area contributed by atoms with Gasteiger partial charge in [0.1, 0.15) is 5.82 Å². The summed E-state index contributed by atoms with van der Waals surface area (Å²) in [5, 5.41) is 0. The number of benzene rings is 1. The van der Waals surface area contributed by atoms with Crippen LogP contribution < -0.4 is 11.2 Å². The normalized spacial score (nSPS) is 20.2. The number of halogens is 1. The topological polar surface area (TPSA) is 74.3 Å². The Balaban J connectivity index is 1.84. The molecule has 0 radical (unpaired) electrons. The van der Waals surface area contributed by atoms with Gasteiger partial charge in [-0.25, -0.2) is 9.78 Å². The summed E-state index contributed by atoms with van der Waals surface area (Å²) in [6.07, 6.45) is 0.269. The standard InChI is InChI=1S/C21H26BrN5O3/c1-13-9-26(10-14(2)30-13)12-17-23-19-18(20(28)25(4)21(29)24(19)3)27(17)11-15-5-7-16(22)8-6-15/h5-8,13-14H,9-12H2,1-4H3/t13-,14+. The molecule has 0 spiro atoms. The van der Waals surface area contributed by atoms with Crippen LogP contribution in [0, 0.1) is 0 Å². The Hall–Kier alpha value is -2.23. The molecule has 3 heterocycles. The first-order valence-corrected chi connectivity index (χ1v) is 10.8. The van der Waals surface area contributed by atoms with Crippen molar-refractivity contribution >= 4 is 27.1 Å². The van der Waals surface area contributed by atoms with Gasteiger partial charge in [0.25, 0.3) is 5.56 Å². The number of fused-ring (bicyclic) bond motifs is 1. The number of hydrogen-bond acceptors (Lipinski definition) is 5. The number of aromatic nitrogens is 4. The lowest BCUT2D eigenvalue weighted by molar-refractivity contribution is -0.0712. The molecule has 9 heteroatoms. The van der Waals surface area contributed by atoms with Crippen LogP contribution in [0.3, 0.4) is 0 Å². The van der Waals surface area contributed by atoms with Gasteiger partial charge < -0.3 is 9.30 Å². The predicted molar refractivity (Wildman–Crippen MR) is 119 cm³/mol. The first-order valence-electron chi connectivity index (χ1n) is 10.0. The Morgan fingerprint density at radius 1 is 1.03 bits per heavy atom. The second-order valence-corrected chi connectivity index (χ2v) is 8.99. The van der Waals surface area contributed by atoms with Crippen molar-refractivity contribution in [2.75, 3.05) is 13.1 Å². The van der Waals surface area contributed by atoms with Crippen molar-refractivity contribution in [2.45, 2.75) is 39.1 Å². The maximum atomic E-state index is 13.0. The van der Waals surface area contributed by atoms with E-state index in [9.17, 15) is 9.59 Å². The highest BCUT2D eigenvalue weighted by Crippen LogP contribution is 2.19. The summed E-state index contributed by atoms with van der Waals surface area (Å²) in [5.41, 5.74) is 1.23. The largest absolute Gasteiger partial charge is 0.373 e. The number of ether oxygens (including phenoxy) is 1. The van der Waals surface area contributed by atoms with Crippen molar-refractivity contribution in [1.82, 2.24) is 23.6 Å². The highest BCUT2D eigenvalue weighted by atomic mass is 79.9. The summed E-state index contributed by atoms with van der Waals surface area (Å²) in [7, 11) is 3.16. The van der Waals surface area contributed by atoms with E-state index < -0.39 is 0 Å². The van der Waals surface area contributed by atoms with Gasteiger partial charge in [0, 0.05) is 38.2 Å². The smallest absolute Gasteiger partial charge is 0.332 e. The zero-order valence-corrected chi connectivity index (χ0v) is 19.2. The number of nitrogens with zero attached hydrogens (tertiary/aromatic N) is 5. The van der Waals surface area contributed by atoms with Crippen molar-refractivity contribution in [1.29, 1.82) is 0 Å². The van der Waals surface area contributed by atoms with Gasteiger partial charge in [-0.1, -0.05) is 28.1 Å². The van der Waals surface area contributed by atoms with Crippen LogP contribution in [0.25, 0.3) is 11.2 Å². The second kappa shape index (κ2) is 8.13. The molecule has 2 atom stereocenters.